The van der Waals surface area contributed by atoms with Crippen LogP contribution in [0.1, 0.15) is 32.2 Å². The molecule has 5 nitrogen and oxygen atoms in total. The number of alkyl halides is 3. The fraction of sp³-hybridized carbons (Fsp3) is 0.474. The minimum absolute atomic E-state index is 0.0355. The van der Waals surface area contributed by atoms with Gasteiger partial charge in [0.15, 0.2) is 6.61 Å². The molecule has 0 N–H and O–H groups in total. The Bertz CT molecular complexity index is 779. The van der Waals surface area contributed by atoms with Crippen LogP contribution in [0, 0.1) is 0 Å². The molecule has 0 saturated carbocycles. The number of imidazole rings is 1. The van der Waals surface area contributed by atoms with Crippen molar-refractivity contribution in [3.8, 4) is 5.75 Å². The third kappa shape index (κ3) is 6.01. The van der Waals surface area contributed by atoms with E-state index in [1.807, 2.05) is 39.0 Å². The van der Waals surface area contributed by atoms with E-state index in [0.29, 0.717) is 5.75 Å². The Balaban J connectivity index is 1.99. The highest BCUT2D eigenvalue weighted by molar-refractivity contribution is 5.77. The van der Waals surface area contributed by atoms with E-state index in [1.54, 1.807) is 6.07 Å². The first kappa shape index (κ1) is 20.8. The first-order chi connectivity index (χ1) is 12.5. The van der Waals surface area contributed by atoms with Crippen LogP contribution >= 0.6 is 0 Å². The lowest BCUT2D eigenvalue weighted by molar-refractivity contribution is -0.141. The molecule has 2 aromatic rings. The van der Waals surface area contributed by atoms with Gasteiger partial charge in [0, 0.05) is 19.4 Å². The van der Waals surface area contributed by atoms with Crippen LogP contribution in [0.5, 0.6) is 5.75 Å². The summed E-state index contributed by atoms with van der Waals surface area (Å²) in [6.45, 7) is 4.76. The first-order valence-corrected chi connectivity index (χ1v) is 8.50. The highest BCUT2D eigenvalue weighted by atomic mass is 19.4. The number of nitrogens with zero attached hydrogens (tertiary/aromatic N) is 3. The second kappa shape index (κ2) is 8.02. The summed E-state index contributed by atoms with van der Waals surface area (Å²) in [5, 5.41) is 0. The normalized spacial score (nSPS) is 12.1. The van der Waals surface area contributed by atoms with E-state index in [-0.39, 0.29) is 30.3 Å². The second-order valence-corrected chi connectivity index (χ2v) is 7.37. The van der Waals surface area contributed by atoms with Crippen molar-refractivity contribution in [1.82, 2.24) is 14.5 Å². The van der Waals surface area contributed by atoms with Crippen molar-refractivity contribution in [1.29, 1.82) is 0 Å². The lowest BCUT2D eigenvalue weighted by atomic mass is 9.86. The Hall–Kier alpha value is -2.51. The molecule has 1 aromatic heterocycles. The molecule has 0 unspecified atom stereocenters. The molecule has 1 aromatic carbocycles. The summed E-state index contributed by atoms with van der Waals surface area (Å²) in [5.74, 6) is 0.434. The third-order valence-corrected chi connectivity index (χ3v) is 4.00. The predicted octanol–water partition coefficient (Wildman–Crippen LogP) is 3.78. The number of ether oxygens (including phenoxy) is 1. The summed E-state index contributed by atoms with van der Waals surface area (Å²) < 4.78 is 44.4. The average molecular weight is 383 g/mol. The number of benzene rings is 1. The Kier molecular flexibility index (Phi) is 6.18. The lowest BCUT2D eigenvalue weighted by Crippen LogP contribution is -2.33. The molecular weight excluding hydrogens is 359 g/mol. The largest absolute Gasteiger partial charge is 0.483 e. The third-order valence-electron chi connectivity index (χ3n) is 4.00. The van der Waals surface area contributed by atoms with Gasteiger partial charge in [-0.15, -0.1) is 0 Å². The maximum Gasteiger partial charge on any atom is 0.406 e. The zero-order valence-electron chi connectivity index (χ0n) is 15.9. The quantitative estimate of drug-likeness (QED) is 0.763. The van der Waals surface area contributed by atoms with Gasteiger partial charge in [-0.1, -0.05) is 39.0 Å². The first-order valence-electron chi connectivity index (χ1n) is 8.50. The molecule has 0 saturated heterocycles. The number of rotatable bonds is 6. The molecule has 8 heteroatoms. The van der Waals surface area contributed by atoms with Crippen LogP contribution in [0.25, 0.3) is 0 Å². The van der Waals surface area contributed by atoms with E-state index in [9.17, 15) is 18.0 Å². The summed E-state index contributed by atoms with van der Waals surface area (Å²) in [5.41, 5.74) is 0.828. The van der Waals surface area contributed by atoms with E-state index in [4.69, 9.17) is 4.74 Å². The molecule has 0 bridgehead atoms. The second-order valence-electron chi connectivity index (χ2n) is 7.37. The number of para-hydroxylation sites is 1. The molecule has 0 aliphatic carbocycles. The zero-order valence-corrected chi connectivity index (χ0v) is 15.9. The fourth-order valence-electron chi connectivity index (χ4n) is 2.59. The van der Waals surface area contributed by atoms with Crippen LogP contribution in [0.3, 0.4) is 0 Å². The molecule has 2 rings (SSSR count). The van der Waals surface area contributed by atoms with Gasteiger partial charge in [-0.3, -0.25) is 4.79 Å². The molecule has 0 aliphatic heterocycles. The monoisotopic (exact) mass is 383 g/mol. The molecular formula is C19H24F3N3O2. The number of hydrogen-bond acceptors (Lipinski definition) is 3. The number of amides is 1. The van der Waals surface area contributed by atoms with Crippen molar-refractivity contribution in [2.24, 2.45) is 0 Å². The molecule has 148 valence electrons. The van der Waals surface area contributed by atoms with Gasteiger partial charge >= 0.3 is 6.18 Å². The summed E-state index contributed by atoms with van der Waals surface area (Å²) in [4.78, 5) is 17.6. The van der Waals surface area contributed by atoms with Crippen molar-refractivity contribution in [2.45, 2.75) is 45.5 Å². The van der Waals surface area contributed by atoms with Gasteiger partial charge in [-0.25, -0.2) is 4.98 Å². The van der Waals surface area contributed by atoms with Crippen LogP contribution < -0.4 is 4.74 Å². The SMILES string of the molecule is CN(Cc1nccn1CC(F)(F)F)C(=O)COc1ccccc1C(C)(C)C. The topological polar surface area (TPSA) is 47.4 Å². The summed E-state index contributed by atoms with van der Waals surface area (Å²) in [6.07, 6.45) is -1.81. The number of carbonyl (C=O) groups excluding carboxylic acids is 1. The highest BCUT2D eigenvalue weighted by Gasteiger charge is 2.29. The van der Waals surface area contributed by atoms with Crippen LogP contribution in [0.2, 0.25) is 0 Å². The van der Waals surface area contributed by atoms with Gasteiger partial charge in [0.25, 0.3) is 5.91 Å². The Morgan fingerprint density at radius 1 is 1.22 bits per heavy atom. The van der Waals surface area contributed by atoms with Gasteiger partial charge in [0.05, 0.1) is 6.54 Å². The van der Waals surface area contributed by atoms with Crippen molar-refractivity contribution < 1.29 is 22.7 Å². The van der Waals surface area contributed by atoms with E-state index in [1.165, 1.54) is 24.3 Å². The fourth-order valence-corrected chi connectivity index (χ4v) is 2.59. The minimum Gasteiger partial charge on any atom is -0.483 e. The highest BCUT2D eigenvalue weighted by Crippen LogP contribution is 2.30. The van der Waals surface area contributed by atoms with Crippen LogP contribution in [0.15, 0.2) is 36.7 Å². The van der Waals surface area contributed by atoms with Crippen LogP contribution in [-0.4, -0.2) is 40.2 Å². The van der Waals surface area contributed by atoms with E-state index in [2.05, 4.69) is 4.98 Å². The molecule has 0 atom stereocenters. The Morgan fingerprint density at radius 2 is 1.89 bits per heavy atom. The molecule has 0 spiro atoms. The molecule has 0 fully saturated rings. The van der Waals surface area contributed by atoms with Gasteiger partial charge in [-0.2, -0.15) is 13.2 Å². The smallest absolute Gasteiger partial charge is 0.406 e. The van der Waals surface area contributed by atoms with E-state index >= 15 is 0 Å². The van der Waals surface area contributed by atoms with E-state index < -0.39 is 12.7 Å². The zero-order chi connectivity index (χ0) is 20.2. The lowest BCUT2D eigenvalue weighted by Gasteiger charge is -2.23. The number of hydrogen-bond donors (Lipinski definition) is 0. The van der Waals surface area contributed by atoms with Gasteiger partial charge in [0.1, 0.15) is 18.1 Å². The summed E-state index contributed by atoms with van der Waals surface area (Å²) in [7, 11) is 1.51. The molecule has 27 heavy (non-hydrogen) atoms. The maximum absolute atomic E-state index is 12.6. The predicted molar refractivity (Wildman–Crippen MR) is 95.4 cm³/mol. The van der Waals surface area contributed by atoms with E-state index in [0.717, 1.165) is 10.1 Å². The van der Waals surface area contributed by atoms with Crippen molar-refractivity contribution in [2.75, 3.05) is 13.7 Å². The summed E-state index contributed by atoms with van der Waals surface area (Å²) >= 11 is 0. The Morgan fingerprint density at radius 3 is 2.52 bits per heavy atom. The number of carbonyl (C=O) groups is 1. The number of likely N-dealkylation sites (N-methyl/N-ethyl adjacent to an activating group) is 1. The molecule has 1 heterocycles. The van der Waals surface area contributed by atoms with Gasteiger partial charge in [0.2, 0.25) is 0 Å². The number of halogens is 3. The Labute approximate surface area is 156 Å². The summed E-state index contributed by atoms with van der Waals surface area (Å²) in [6, 6.07) is 7.47. The molecule has 1 amide bonds. The van der Waals surface area contributed by atoms with Crippen molar-refractivity contribution in [3.63, 3.8) is 0 Å². The molecule has 0 radical (unpaired) electrons. The average Bonchev–Trinajstić information content (AvgIpc) is 2.96. The van der Waals surface area contributed by atoms with Crippen molar-refractivity contribution in [3.05, 3.63) is 48.0 Å². The minimum atomic E-state index is -4.35. The molecule has 0 aliphatic rings. The van der Waals surface area contributed by atoms with Gasteiger partial charge < -0.3 is 14.2 Å². The van der Waals surface area contributed by atoms with Crippen LogP contribution in [0.4, 0.5) is 13.2 Å². The van der Waals surface area contributed by atoms with Crippen LogP contribution in [-0.2, 0) is 23.3 Å². The maximum atomic E-state index is 12.6. The van der Waals surface area contributed by atoms with Gasteiger partial charge in [-0.05, 0) is 17.0 Å². The standard InChI is InChI=1S/C19H24F3N3O2/c1-18(2,3)14-7-5-6-8-15(14)27-12-17(26)24(4)11-16-23-9-10-25(16)13-19(20,21)22/h5-10H,11-13H2,1-4H3. The number of aromatic nitrogens is 2. The van der Waals surface area contributed by atoms with Crippen molar-refractivity contribution >= 4 is 5.91 Å².